The van der Waals surface area contributed by atoms with E-state index in [9.17, 15) is 36.2 Å². The fourth-order valence-electron chi connectivity index (χ4n) is 2.68. The molecule has 1 aliphatic carbocycles. The molecule has 0 aromatic heterocycles. The van der Waals surface area contributed by atoms with E-state index in [0.717, 1.165) is 12.1 Å². The molecule has 1 unspecified atom stereocenters. The maximum absolute atomic E-state index is 12.9. The molecule has 0 aliphatic heterocycles. The molecular weight excluding hydrogens is 368 g/mol. The van der Waals surface area contributed by atoms with Crippen molar-refractivity contribution in [2.75, 3.05) is 0 Å². The highest BCUT2D eigenvalue weighted by Crippen LogP contribution is 2.60. The number of aliphatic hydroxyl groups excluding tert-OH is 1. The fraction of sp³-hybridized carbons (Fsp3) is 0.562. The minimum atomic E-state index is -4.87. The number of nitrogens with one attached hydrogen (secondary N) is 1. The number of hydrogen-bond donors (Lipinski definition) is 2. The maximum Gasteiger partial charge on any atom is 0.573 e. The van der Waals surface area contributed by atoms with Crippen LogP contribution >= 0.6 is 0 Å². The van der Waals surface area contributed by atoms with Crippen LogP contribution in [-0.4, -0.2) is 29.7 Å². The normalized spacial score (nSPS) is 18.8. The van der Waals surface area contributed by atoms with Crippen molar-refractivity contribution in [3.05, 3.63) is 29.8 Å². The lowest BCUT2D eigenvalue weighted by molar-refractivity contribution is -0.274. The highest BCUT2D eigenvalue weighted by Gasteiger charge is 2.67. The van der Waals surface area contributed by atoms with Gasteiger partial charge in [0.05, 0.1) is 24.0 Å². The Labute approximate surface area is 145 Å². The summed E-state index contributed by atoms with van der Waals surface area (Å²) >= 11 is 0. The van der Waals surface area contributed by atoms with Crippen LogP contribution in [0.2, 0.25) is 0 Å². The lowest BCUT2D eigenvalue weighted by Gasteiger charge is -2.25. The van der Waals surface area contributed by atoms with Gasteiger partial charge < -0.3 is 15.2 Å². The van der Waals surface area contributed by atoms with E-state index in [0.29, 0.717) is 0 Å². The Morgan fingerprint density at radius 1 is 1.27 bits per heavy atom. The number of aliphatic hydroxyl groups is 1. The molecule has 0 saturated heterocycles. The molecule has 2 N–H and O–H groups in total. The number of halogens is 6. The van der Waals surface area contributed by atoms with Gasteiger partial charge in [-0.2, -0.15) is 13.2 Å². The van der Waals surface area contributed by atoms with Gasteiger partial charge in [-0.3, -0.25) is 4.79 Å². The Kier molecular flexibility index (Phi) is 5.46. The summed E-state index contributed by atoms with van der Waals surface area (Å²) in [6.07, 6.45) is -12.6. The number of hydrogen-bond acceptors (Lipinski definition) is 3. The average molecular weight is 385 g/mol. The second kappa shape index (κ2) is 6.98. The predicted molar refractivity (Wildman–Crippen MR) is 78.0 cm³/mol. The summed E-state index contributed by atoms with van der Waals surface area (Å²) in [5.74, 6) is -1.31. The number of amides is 1. The van der Waals surface area contributed by atoms with Gasteiger partial charge in [-0.25, -0.2) is 0 Å². The van der Waals surface area contributed by atoms with Gasteiger partial charge in [0.25, 0.3) is 0 Å². The molecule has 1 amide bonds. The molecule has 146 valence electrons. The van der Waals surface area contributed by atoms with Crippen LogP contribution < -0.4 is 10.1 Å². The predicted octanol–water partition coefficient (Wildman–Crippen LogP) is 3.86. The standard InChI is InChI=1S/C16H17F6NO3/c1-9(10-3-2-4-11(7-10)26-16(20,21)22)23-13(25)8-12(24)14(5-6-14)15(17,18)19/h2-4,7,9,12,24H,5-6,8H2,1H3,(H,23,25)/t9-,12?/m0/s1. The van der Waals surface area contributed by atoms with Crippen molar-refractivity contribution < 1.29 is 41.0 Å². The van der Waals surface area contributed by atoms with Crippen LogP contribution in [0.5, 0.6) is 5.75 Å². The zero-order valence-corrected chi connectivity index (χ0v) is 13.6. The summed E-state index contributed by atoms with van der Waals surface area (Å²) in [5.41, 5.74) is -1.97. The van der Waals surface area contributed by atoms with Gasteiger partial charge in [0.2, 0.25) is 5.91 Å². The average Bonchev–Trinajstić information content (AvgIpc) is 3.26. The van der Waals surface area contributed by atoms with Gasteiger partial charge in [-0.1, -0.05) is 12.1 Å². The molecule has 0 radical (unpaired) electrons. The molecule has 1 aromatic rings. The summed E-state index contributed by atoms with van der Waals surface area (Å²) in [4.78, 5) is 11.9. The van der Waals surface area contributed by atoms with Crippen molar-refractivity contribution in [3.63, 3.8) is 0 Å². The Balaban J connectivity index is 1.96. The molecule has 10 heteroatoms. The zero-order chi connectivity index (χ0) is 19.8. The van der Waals surface area contributed by atoms with E-state index < -0.39 is 48.2 Å². The maximum atomic E-state index is 12.9. The van der Waals surface area contributed by atoms with Gasteiger partial charge in [-0.15, -0.1) is 13.2 Å². The molecule has 1 aromatic carbocycles. The molecule has 0 spiro atoms. The first-order chi connectivity index (χ1) is 11.8. The van der Waals surface area contributed by atoms with Gasteiger partial charge in [0, 0.05) is 0 Å². The Hall–Kier alpha value is -1.97. The third kappa shape index (κ3) is 4.80. The monoisotopic (exact) mass is 385 g/mol. The molecule has 26 heavy (non-hydrogen) atoms. The number of benzene rings is 1. The van der Waals surface area contributed by atoms with Crippen molar-refractivity contribution in [2.24, 2.45) is 5.41 Å². The fourth-order valence-corrected chi connectivity index (χ4v) is 2.68. The van der Waals surface area contributed by atoms with Crippen LogP contribution in [0.3, 0.4) is 0 Å². The first-order valence-corrected chi connectivity index (χ1v) is 7.74. The third-order valence-electron chi connectivity index (χ3n) is 4.34. The topological polar surface area (TPSA) is 58.6 Å². The molecule has 1 aliphatic rings. The summed E-state index contributed by atoms with van der Waals surface area (Å²) in [6.45, 7) is 1.45. The number of carbonyl (C=O) groups is 1. The second-order valence-electron chi connectivity index (χ2n) is 6.28. The van der Waals surface area contributed by atoms with Crippen LogP contribution in [-0.2, 0) is 4.79 Å². The van der Waals surface area contributed by atoms with E-state index in [1.54, 1.807) is 0 Å². The van der Waals surface area contributed by atoms with E-state index in [1.807, 2.05) is 0 Å². The second-order valence-corrected chi connectivity index (χ2v) is 6.28. The SMILES string of the molecule is C[C@H](NC(=O)CC(O)C1(C(F)(F)F)CC1)c1cccc(OC(F)(F)F)c1. The number of carbonyl (C=O) groups excluding carboxylic acids is 1. The van der Waals surface area contributed by atoms with Gasteiger partial charge in [0.15, 0.2) is 0 Å². The quantitative estimate of drug-likeness (QED) is 0.732. The van der Waals surface area contributed by atoms with Crippen LogP contribution in [0.1, 0.15) is 37.8 Å². The smallest absolute Gasteiger partial charge is 0.406 e. The molecule has 1 saturated carbocycles. The van der Waals surface area contributed by atoms with Gasteiger partial charge >= 0.3 is 12.5 Å². The van der Waals surface area contributed by atoms with Crippen LogP contribution in [0.4, 0.5) is 26.3 Å². The lowest BCUT2D eigenvalue weighted by atomic mass is 9.95. The van der Waals surface area contributed by atoms with E-state index in [-0.39, 0.29) is 18.4 Å². The van der Waals surface area contributed by atoms with Crippen LogP contribution in [0.25, 0.3) is 0 Å². The number of ether oxygens (including phenoxy) is 1. The minimum absolute atomic E-state index is 0.239. The molecule has 0 bridgehead atoms. The van der Waals surface area contributed by atoms with Crippen molar-refractivity contribution in [3.8, 4) is 5.75 Å². The zero-order valence-electron chi connectivity index (χ0n) is 13.6. The third-order valence-corrected chi connectivity index (χ3v) is 4.34. The minimum Gasteiger partial charge on any atom is -0.406 e. The summed E-state index contributed by atoms with van der Waals surface area (Å²) in [7, 11) is 0. The largest absolute Gasteiger partial charge is 0.573 e. The molecular formula is C16H17F6NO3. The first-order valence-electron chi connectivity index (χ1n) is 7.74. The highest BCUT2D eigenvalue weighted by atomic mass is 19.4. The van der Waals surface area contributed by atoms with E-state index in [2.05, 4.69) is 10.1 Å². The van der Waals surface area contributed by atoms with E-state index in [4.69, 9.17) is 0 Å². The first kappa shape index (κ1) is 20.3. The number of alkyl halides is 6. The summed E-state index contributed by atoms with van der Waals surface area (Å²) in [5, 5.41) is 12.1. The Morgan fingerprint density at radius 2 is 1.88 bits per heavy atom. The highest BCUT2D eigenvalue weighted by molar-refractivity contribution is 5.77. The van der Waals surface area contributed by atoms with Crippen molar-refractivity contribution >= 4 is 5.91 Å². The van der Waals surface area contributed by atoms with E-state index >= 15 is 0 Å². The lowest BCUT2D eigenvalue weighted by Crippen LogP contribution is -2.40. The van der Waals surface area contributed by atoms with Crippen molar-refractivity contribution in [1.29, 1.82) is 0 Å². The van der Waals surface area contributed by atoms with Gasteiger partial charge in [0.1, 0.15) is 5.75 Å². The van der Waals surface area contributed by atoms with Crippen LogP contribution in [0, 0.1) is 5.41 Å². The van der Waals surface area contributed by atoms with E-state index in [1.165, 1.54) is 19.1 Å². The van der Waals surface area contributed by atoms with Crippen molar-refractivity contribution in [2.45, 2.75) is 50.9 Å². The number of rotatable bonds is 6. The van der Waals surface area contributed by atoms with Gasteiger partial charge in [-0.05, 0) is 37.5 Å². The molecule has 0 heterocycles. The Morgan fingerprint density at radius 3 is 2.38 bits per heavy atom. The molecule has 2 rings (SSSR count). The van der Waals surface area contributed by atoms with Crippen molar-refractivity contribution in [1.82, 2.24) is 5.32 Å². The molecule has 2 atom stereocenters. The van der Waals surface area contributed by atoms with Crippen LogP contribution in [0.15, 0.2) is 24.3 Å². The Bertz CT molecular complexity index is 654. The summed E-state index contributed by atoms with van der Waals surface area (Å²) in [6, 6.07) is 4.08. The molecule has 4 nitrogen and oxygen atoms in total. The molecule has 1 fully saturated rings. The summed E-state index contributed by atoms with van der Waals surface area (Å²) < 4.78 is 79.2.